The molecule has 0 aliphatic heterocycles. The number of nitrogens with one attached hydrogen (secondary N) is 1. The van der Waals surface area contributed by atoms with Crippen LogP contribution >= 0.6 is 0 Å². The molecule has 0 aromatic rings. The van der Waals surface area contributed by atoms with Crippen LogP contribution in [0.25, 0.3) is 0 Å². The highest BCUT2D eigenvalue weighted by Crippen LogP contribution is 1.77. The molecule has 0 heterocycles. The molecule has 0 fully saturated rings. The van der Waals surface area contributed by atoms with Crippen molar-refractivity contribution in [2.45, 2.75) is 0 Å². The van der Waals surface area contributed by atoms with Crippen LogP contribution in [0.4, 0.5) is 0 Å². The normalized spacial score (nSPS) is 7.62. The molecule has 0 saturated carbocycles. The number of carbonyl (C=O) groups is 1. The molecule has 0 amide bonds. The minimum atomic E-state index is -0.653. The fourth-order valence-electron chi connectivity index (χ4n) is 0.193. The molecule has 0 radical (unpaired) electrons. The second-order valence-corrected chi connectivity index (χ2v) is 1.11. The van der Waals surface area contributed by atoms with Gasteiger partial charge in [0.15, 0.2) is 0 Å². The number of hydrogen-bond acceptors (Lipinski definition) is 3. The summed E-state index contributed by atoms with van der Waals surface area (Å²) in [5.74, 6) is -0.653. The van der Waals surface area contributed by atoms with E-state index in [4.69, 9.17) is 5.41 Å². The Labute approximate surface area is 47.5 Å². The Morgan fingerprint density at radius 2 is 2.38 bits per heavy atom. The standard InChI is InChI=1S/C5H7NO2/c1-3-4(6)5(7)8-2/h3,6H,1H2,2H3. The zero-order chi connectivity index (χ0) is 6.57. The van der Waals surface area contributed by atoms with Crippen molar-refractivity contribution in [2.75, 3.05) is 7.11 Å². The first kappa shape index (κ1) is 6.88. The van der Waals surface area contributed by atoms with Crippen molar-refractivity contribution in [3.8, 4) is 0 Å². The molecular formula is C5H7NO2. The number of ether oxygens (including phenoxy) is 1. The SMILES string of the molecule is C=CC(=N)C(=O)OC. The van der Waals surface area contributed by atoms with Crippen LogP contribution in [0.2, 0.25) is 0 Å². The molecule has 0 rings (SSSR count). The second-order valence-electron chi connectivity index (χ2n) is 1.11. The molecule has 0 aliphatic carbocycles. The lowest BCUT2D eigenvalue weighted by atomic mass is 10.4. The Morgan fingerprint density at radius 3 is 2.50 bits per heavy atom. The highest BCUT2D eigenvalue weighted by Gasteiger charge is 2.01. The predicted molar refractivity (Wildman–Crippen MR) is 29.9 cm³/mol. The summed E-state index contributed by atoms with van der Waals surface area (Å²) in [4.78, 5) is 10.2. The fourth-order valence-corrected chi connectivity index (χ4v) is 0.193. The van der Waals surface area contributed by atoms with Crippen molar-refractivity contribution in [2.24, 2.45) is 0 Å². The predicted octanol–water partition coefficient (Wildman–Crippen LogP) is 0.365. The van der Waals surface area contributed by atoms with E-state index in [-0.39, 0.29) is 5.71 Å². The monoisotopic (exact) mass is 113 g/mol. The Balaban J connectivity index is 3.82. The van der Waals surface area contributed by atoms with Crippen molar-refractivity contribution >= 4 is 11.7 Å². The molecule has 0 aromatic heterocycles. The summed E-state index contributed by atoms with van der Waals surface area (Å²) in [5, 5.41) is 6.75. The molecule has 1 N–H and O–H groups in total. The lowest BCUT2D eigenvalue weighted by Gasteiger charge is -1.91. The van der Waals surface area contributed by atoms with E-state index >= 15 is 0 Å². The summed E-state index contributed by atoms with van der Waals surface area (Å²) in [6.45, 7) is 3.20. The van der Waals surface area contributed by atoms with Crippen LogP contribution < -0.4 is 0 Å². The van der Waals surface area contributed by atoms with Gasteiger partial charge in [0.1, 0.15) is 5.71 Å². The maximum Gasteiger partial charge on any atom is 0.355 e. The first-order valence-corrected chi connectivity index (χ1v) is 2.01. The van der Waals surface area contributed by atoms with E-state index in [9.17, 15) is 4.79 Å². The molecule has 0 unspecified atom stereocenters. The second kappa shape index (κ2) is 2.96. The summed E-state index contributed by atoms with van der Waals surface area (Å²) in [6, 6.07) is 0. The van der Waals surface area contributed by atoms with Crippen LogP contribution in [0.3, 0.4) is 0 Å². The van der Waals surface area contributed by atoms with Crippen molar-refractivity contribution in [1.82, 2.24) is 0 Å². The van der Waals surface area contributed by atoms with Gasteiger partial charge in [0.25, 0.3) is 0 Å². The quantitative estimate of drug-likeness (QED) is 0.415. The van der Waals surface area contributed by atoms with Crippen LogP contribution in [0.5, 0.6) is 0 Å². The van der Waals surface area contributed by atoms with E-state index in [2.05, 4.69) is 11.3 Å². The van der Waals surface area contributed by atoms with Gasteiger partial charge in [0, 0.05) is 0 Å². The summed E-state index contributed by atoms with van der Waals surface area (Å²) in [5.41, 5.74) is -0.215. The van der Waals surface area contributed by atoms with E-state index in [0.29, 0.717) is 0 Å². The molecule has 0 atom stereocenters. The molecule has 0 aromatic carbocycles. The van der Waals surface area contributed by atoms with Gasteiger partial charge in [-0.05, 0) is 6.08 Å². The maximum absolute atomic E-state index is 10.2. The molecule has 3 heteroatoms. The molecule has 8 heavy (non-hydrogen) atoms. The molecule has 0 aliphatic rings. The van der Waals surface area contributed by atoms with Gasteiger partial charge in [-0.25, -0.2) is 4.79 Å². The highest BCUT2D eigenvalue weighted by atomic mass is 16.5. The Hall–Kier alpha value is -1.12. The zero-order valence-corrected chi connectivity index (χ0v) is 4.60. The largest absolute Gasteiger partial charge is 0.464 e. The first-order valence-electron chi connectivity index (χ1n) is 2.01. The van der Waals surface area contributed by atoms with Crippen LogP contribution in [-0.2, 0) is 9.53 Å². The number of rotatable bonds is 2. The van der Waals surface area contributed by atoms with Crippen molar-refractivity contribution in [1.29, 1.82) is 5.41 Å². The number of esters is 1. The van der Waals surface area contributed by atoms with Gasteiger partial charge in [0.05, 0.1) is 7.11 Å². The minimum Gasteiger partial charge on any atom is -0.464 e. The summed E-state index contributed by atoms with van der Waals surface area (Å²) in [7, 11) is 1.22. The molecule has 3 nitrogen and oxygen atoms in total. The lowest BCUT2D eigenvalue weighted by molar-refractivity contribution is -0.132. The average Bonchev–Trinajstić information content (AvgIpc) is 1.84. The van der Waals surface area contributed by atoms with Crippen LogP contribution in [0.15, 0.2) is 12.7 Å². The number of methoxy groups -OCH3 is 1. The van der Waals surface area contributed by atoms with Gasteiger partial charge >= 0.3 is 5.97 Å². The first-order chi connectivity index (χ1) is 3.72. The van der Waals surface area contributed by atoms with Gasteiger partial charge < -0.3 is 4.74 Å². The van der Waals surface area contributed by atoms with Crippen molar-refractivity contribution < 1.29 is 9.53 Å². The minimum absolute atomic E-state index is 0.215. The van der Waals surface area contributed by atoms with Crippen molar-refractivity contribution in [3.05, 3.63) is 12.7 Å². The summed E-state index contributed by atoms with van der Waals surface area (Å²) in [6.07, 6.45) is 1.13. The van der Waals surface area contributed by atoms with E-state index < -0.39 is 5.97 Å². The molecule has 0 saturated heterocycles. The van der Waals surface area contributed by atoms with Crippen molar-refractivity contribution in [3.63, 3.8) is 0 Å². The van der Waals surface area contributed by atoms with Gasteiger partial charge in [0.2, 0.25) is 0 Å². The maximum atomic E-state index is 10.2. The Kier molecular flexibility index (Phi) is 2.54. The summed E-state index contributed by atoms with van der Waals surface area (Å²) >= 11 is 0. The smallest absolute Gasteiger partial charge is 0.355 e. The third-order valence-corrected chi connectivity index (χ3v) is 0.609. The highest BCUT2D eigenvalue weighted by molar-refractivity contribution is 6.39. The topological polar surface area (TPSA) is 50.2 Å². The molecule has 0 bridgehead atoms. The number of hydrogen-bond donors (Lipinski definition) is 1. The zero-order valence-electron chi connectivity index (χ0n) is 4.60. The molecule has 0 spiro atoms. The third-order valence-electron chi connectivity index (χ3n) is 0.609. The molecule has 44 valence electrons. The Bertz CT molecular complexity index is 128. The summed E-state index contributed by atoms with van der Waals surface area (Å²) < 4.78 is 4.17. The van der Waals surface area contributed by atoms with E-state index in [1.807, 2.05) is 0 Å². The van der Waals surface area contributed by atoms with Crippen LogP contribution in [0.1, 0.15) is 0 Å². The van der Waals surface area contributed by atoms with Gasteiger partial charge in [-0.1, -0.05) is 6.58 Å². The van der Waals surface area contributed by atoms with Crippen LogP contribution in [0, 0.1) is 5.41 Å². The lowest BCUT2D eigenvalue weighted by Crippen LogP contribution is -2.10. The Morgan fingerprint density at radius 1 is 1.88 bits per heavy atom. The van der Waals surface area contributed by atoms with E-state index in [0.717, 1.165) is 6.08 Å². The third kappa shape index (κ3) is 1.55. The van der Waals surface area contributed by atoms with Gasteiger partial charge in [-0.3, -0.25) is 5.41 Å². The van der Waals surface area contributed by atoms with Crippen LogP contribution in [-0.4, -0.2) is 18.8 Å². The van der Waals surface area contributed by atoms with Gasteiger partial charge in [-0.2, -0.15) is 0 Å². The number of carbonyl (C=O) groups excluding carboxylic acids is 1. The molecular weight excluding hydrogens is 106 g/mol. The fraction of sp³-hybridized carbons (Fsp3) is 0.200. The van der Waals surface area contributed by atoms with E-state index in [1.165, 1.54) is 7.11 Å². The van der Waals surface area contributed by atoms with Gasteiger partial charge in [-0.15, -0.1) is 0 Å². The average molecular weight is 113 g/mol. The van der Waals surface area contributed by atoms with E-state index in [1.54, 1.807) is 0 Å².